The van der Waals surface area contributed by atoms with E-state index in [-0.39, 0.29) is 105 Å². The number of primary amides is 4. The Morgan fingerprint density at radius 1 is 0.520 bits per heavy atom. The van der Waals surface area contributed by atoms with Crippen molar-refractivity contribution >= 4 is 201 Å². The number of hydrogen-bond donors (Lipinski definition) is 28. The summed E-state index contributed by atoms with van der Waals surface area (Å²) < 4.78 is 0. The number of aliphatic hydroxyl groups is 1. The van der Waals surface area contributed by atoms with Crippen LogP contribution in [0.5, 0.6) is 5.75 Å². The number of fused-ring (bicyclic) bond motifs is 1. The van der Waals surface area contributed by atoms with Crippen LogP contribution >= 0.6 is 47.0 Å². The van der Waals surface area contributed by atoms with E-state index < -0.39 is 356 Å². The molecule has 148 heavy (non-hydrogen) atoms. The molecule has 816 valence electrons. The van der Waals surface area contributed by atoms with E-state index in [4.69, 9.17) is 39.8 Å². The van der Waals surface area contributed by atoms with Crippen LogP contribution in [-0.2, 0) is 133 Å². The van der Waals surface area contributed by atoms with Gasteiger partial charge in [-0.25, -0.2) is 9.78 Å². The number of nitrogens with one attached hydrogen (secondary N) is 18. The van der Waals surface area contributed by atoms with Crippen molar-refractivity contribution in [1.82, 2.24) is 105 Å². The minimum absolute atomic E-state index is 0.0136. The van der Waals surface area contributed by atoms with Crippen LogP contribution in [0.25, 0.3) is 0 Å². The molecule has 4 fully saturated rings. The number of nitrogens with zero attached hydrogens (tertiary/aromatic N) is 3. The molecule has 0 aliphatic carbocycles. The number of amides is 21. The van der Waals surface area contributed by atoms with Gasteiger partial charge in [0.1, 0.15) is 108 Å². The predicted molar refractivity (Wildman–Crippen MR) is 530 cm³/mol. The van der Waals surface area contributed by atoms with Crippen molar-refractivity contribution in [3.8, 4) is 5.75 Å². The van der Waals surface area contributed by atoms with E-state index in [1.165, 1.54) is 43.7 Å². The van der Waals surface area contributed by atoms with E-state index in [2.05, 4.69) is 95.0 Å². The number of guanidine groups is 1. The number of aliphatic hydroxyl groups excluding tert-OH is 1. The van der Waals surface area contributed by atoms with Crippen LogP contribution in [0.1, 0.15) is 142 Å². The summed E-state index contributed by atoms with van der Waals surface area (Å²) in [5, 5.41) is 87.7. The predicted octanol–water partition coefficient (Wildman–Crippen LogP) is -11.5. The minimum atomic E-state index is -2.02. The molecule has 19 atom stereocenters. The Hall–Kier alpha value is -14.0. The lowest BCUT2D eigenvalue weighted by Gasteiger charge is -2.31. The largest absolute Gasteiger partial charge is 0.508 e. The second-order valence-corrected chi connectivity index (χ2v) is 40.1. The lowest BCUT2D eigenvalue weighted by Crippen LogP contribution is -2.62. The highest BCUT2D eigenvalue weighted by molar-refractivity contribution is 8.02. The highest BCUT2D eigenvalue weighted by Gasteiger charge is 2.46. The molecule has 4 aliphatic rings. The van der Waals surface area contributed by atoms with E-state index in [9.17, 15) is 140 Å². The first-order chi connectivity index (χ1) is 69.8. The fourth-order valence-corrected chi connectivity index (χ4v) is 19.4. The van der Waals surface area contributed by atoms with E-state index in [1.54, 1.807) is 13.8 Å². The highest BCUT2D eigenvalue weighted by atomic mass is 32.2. The number of Topliss-reactive ketones (excluding diaryl/α,β-unsaturated/α-hetero) is 2. The number of H-pyrrole nitrogens is 1. The van der Waals surface area contributed by atoms with Gasteiger partial charge >= 0.3 is 11.9 Å². The number of likely N-dealkylation sites (tertiary alicyclic amines) is 1. The van der Waals surface area contributed by atoms with Gasteiger partial charge in [-0.3, -0.25) is 120 Å². The Morgan fingerprint density at radius 2 is 1.03 bits per heavy atom. The Balaban J connectivity index is 1.31. The molecule has 4 saturated heterocycles. The first kappa shape index (κ1) is 123. The van der Waals surface area contributed by atoms with Crippen LogP contribution < -0.4 is 119 Å². The summed E-state index contributed by atoms with van der Waals surface area (Å²) in [6.45, 7) is 6.05. The molecule has 1 aromatic carbocycles. The fourth-order valence-electron chi connectivity index (χ4n) is 15.4. The number of carboxylic acids is 2. The van der Waals surface area contributed by atoms with Crippen LogP contribution in [0, 0.1) is 11.3 Å². The van der Waals surface area contributed by atoms with Gasteiger partial charge in [0.15, 0.2) is 17.5 Å². The number of aliphatic carboxylic acids is 2. The van der Waals surface area contributed by atoms with Gasteiger partial charge < -0.3 is 155 Å². The second-order valence-electron chi connectivity index (χ2n) is 35.9. The fraction of sp³-hybridized carbons (Fsp3) is 0.602. The normalized spacial score (nSPS) is 23.8. The third-order valence-electron chi connectivity index (χ3n) is 23.1. The number of rotatable bonds is 38. The molecule has 0 bridgehead atoms. The van der Waals surface area contributed by atoms with Crippen molar-refractivity contribution in [2.75, 3.05) is 65.7 Å². The number of phenols is 1. The molecule has 6 rings (SSSR count). The molecule has 5 heterocycles. The number of phenolic OH excluding ortho intramolecular Hbond substituents is 1. The summed E-state index contributed by atoms with van der Waals surface area (Å²) in [6.07, 6.45) is -6.93. The Labute approximate surface area is 864 Å². The summed E-state index contributed by atoms with van der Waals surface area (Å²) in [5.41, 5.74) is 34.3. The molecule has 56 nitrogen and oxygen atoms in total. The number of carbonyl (C=O) groups excluding carboxylic acids is 23. The first-order valence-corrected chi connectivity index (χ1v) is 51.8. The Bertz CT molecular complexity index is 5140. The number of aromatic hydroxyl groups is 1. The molecule has 0 unspecified atom stereocenters. The number of nitrogens with two attached hydrogens (primary N) is 6. The zero-order chi connectivity index (χ0) is 110. The average Bonchev–Trinajstić information content (AvgIpc) is 1.56. The first-order valence-electron chi connectivity index (χ1n) is 47.2. The number of aromatic amines is 1. The minimum Gasteiger partial charge on any atom is -0.508 e. The molecule has 60 heteroatoms. The van der Waals surface area contributed by atoms with Gasteiger partial charge in [0.05, 0.1) is 54.3 Å². The standard InChI is InChI=1S/C88H131N27O29S4/c1-40(2)25-53-76(132)112-60(80(136)108-57(87(143)144)27-45-30-96-39-98-45)37-147-33-48(119)32-146-36-59(79(135)104-53)111-75(131)51(17-20-65(91)121)102-82(138)62-10-7-23-114(62)85(141)55(28-66(92)122)106-71(127)42(4)99-78(134)58-35-145-31-47(118)34-148-38-61(109-70(126)41(3)89)81(137)113-69(43(5)116)84(140)103-49(9-6-22-97-88(94)95)72(128)100-52(18-21-68(124)125)73(129)105-54(26-44-12-14-46(117)15-13-44)77(133)107-56(29-67(93)123)86(142)115-24-8-11-63(115)83(139)101-50(74(130)110-58)16-19-64(90)120/h12-15,30,39-43,49-63,69,116-117H,6-11,16-29,31-38,89H2,1-5H3,(H2,90,120)(H2,91,121)(H2,92,122)(H2,93,123)(H,96,98)(H,99,134)(H,100,128)(H,101,139)(H,102,138)(H,103,140)(H,104,135)(H,105,129)(H,106,127)(H,107,133)(H,108,136)(H,109,126)(H,110,130)(H,111,131)(H,112,132)(H,113,137)(H,124,125)(H,143,144)(H4,94,95,97)/t41-,42-,43+,49-,50-,51-,52-,53-,54-,55-,56-,57-,58-,59-,60-,61-,62-,63-,69-/m0/s1. The summed E-state index contributed by atoms with van der Waals surface area (Å²) in [5.74, 6) is -32.5. The monoisotopic (exact) mass is 2160 g/mol. The molecule has 34 N–H and O–H groups in total. The van der Waals surface area contributed by atoms with Crippen LogP contribution in [0.3, 0.4) is 0 Å². The smallest absolute Gasteiger partial charge is 0.326 e. The zero-order valence-electron chi connectivity index (χ0n) is 81.7. The molecule has 4 aliphatic heterocycles. The third kappa shape index (κ3) is 41.7. The highest BCUT2D eigenvalue weighted by Crippen LogP contribution is 2.25. The van der Waals surface area contributed by atoms with Crippen LogP contribution in [0.4, 0.5) is 0 Å². The van der Waals surface area contributed by atoms with Crippen molar-refractivity contribution < 1.29 is 140 Å². The topological polar surface area (TPSA) is 915 Å². The summed E-state index contributed by atoms with van der Waals surface area (Å²) in [4.78, 5) is 358. The molecule has 0 radical (unpaired) electrons. The van der Waals surface area contributed by atoms with E-state index in [1.807, 2.05) is 0 Å². The van der Waals surface area contributed by atoms with E-state index >= 15 is 0 Å². The van der Waals surface area contributed by atoms with Gasteiger partial charge in [-0.05, 0) is 109 Å². The van der Waals surface area contributed by atoms with Gasteiger partial charge in [0.25, 0.3) is 0 Å². The van der Waals surface area contributed by atoms with Crippen molar-refractivity contribution in [3.05, 3.63) is 48.0 Å². The summed E-state index contributed by atoms with van der Waals surface area (Å²) in [7, 11) is 0. The van der Waals surface area contributed by atoms with Crippen LogP contribution in [0.2, 0.25) is 0 Å². The maximum atomic E-state index is 15.0. The molecular formula is C88H131N27O29S4. The molecular weight excluding hydrogens is 2030 g/mol. The van der Waals surface area contributed by atoms with Gasteiger partial charge in [-0.1, -0.05) is 26.0 Å². The van der Waals surface area contributed by atoms with Crippen LogP contribution in [-0.4, -0.2) is 374 Å². The summed E-state index contributed by atoms with van der Waals surface area (Å²) in [6, 6.07) is -26.2. The molecule has 0 spiro atoms. The van der Waals surface area contributed by atoms with Gasteiger partial charge in [0.2, 0.25) is 124 Å². The van der Waals surface area contributed by atoms with Gasteiger partial charge in [-0.15, -0.1) is 0 Å². The number of hydrogen-bond acceptors (Lipinski definition) is 34. The molecule has 0 saturated carbocycles. The Morgan fingerprint density at radius 3 is 1.57 bits per heavy atom. The van der Waals surface area contributed by atoms with E-state index in [0.717, 1.165) is 47.2 Å². The molecule has 2 aromatic rings. The quantitative estimate of drug-likeness (QED) is 0.0169. The third-order valence-corrected chi connectivity index (χ3v) is 27.5. The maximum absolute atomic E-state index is 15.0. The lowest BCUT2D eigenvalue weighted by molar-refractivity contribution is -0.143. The number of aromatic nitrogens is 2. The number of carboxylic acid groups (broad SMARTS) is 2. The second kappa shape index (κ2) is 60.9. The number of ketones is 2. The molecule has 1 aromatic heterocycles. The number of benzene rings is 1. The molecule has 21 amide bonds. The number of thioether (sulfide) groups is 4. The van der Waals surface area contributed by atoms with Crippen molar-refractivity contribution in [2.24, 2.45) is 40.3 Å². The van der Waals surface area contributed by atoms with Gasteiger partial charge in [0, 0.05) is 86.6 Å². The van der Waals surface area contributed by atoms with Crippen molar-refractivity contribution in [1.29, 1.82) is 5.41 Å². The van der Waals surface area contributed by atoms with Gasteiger partial charge in [-0.2, -0.15) is 47.0 Å². The summed E-state index contributed by atoms with van der Waals surface area (Å²) >= 11 is 3.19. The zero-order valence-corrected chi connectivity index (χ0v) is 85.0. The number of imidazole rings is 1. The SMILES string of the molecule is CC(C)C[C@@H]1NC(=O)[C@@H](NC(=O)[C@H](CCC(N)=O)NC(=O)[C@@H]2CCCN2C(=O)[C@H](CC(N)=O)NC(=O)[C@H](C)NC(=O)[C@@H]2CSCC(=O)CSC[C@H](NC(=O)[C@H](C)N)C(=O)N[C@@H]([C@@H](C)O)C(=O)N[C@@H](CCCNC(=N)N)C(=O)N[C@@H](CCC(=O)O)C(=O)N[C@@H](Cc3ccc(O)cc3)C(=O)N[C@@H](CC(N)=O)C(=O)N3CCC[C@H]3C(=O)N[C@@H](CCC(N)=O)C(=O)N2)CSCC(=O)CSC[C@@H](C(=O)N[C@@H](Cc2cnc[nH]2)C(=O)O)NC1=O. The van der Waals surface area contributed by atoms with Crippen molar-refractivity contribution in [2.45, 2.75) is 259 Å². The lowest BCUT2D eigenvalue weighted by atomic mass is 10.0. The Kier molecular flexibility index (Phi) is 50.5. The van der Waals surface area contributed by atoms with Crippen LogP contribution in [0.15, 0.2) is 36.8 Å². The van der Waals surface area contributed by atoms with E-state index in [0.29, 0.717) is 29.2 Å². The van der Waals surface area contributed by atoms with Crippen molar-refractivity contribution in [3.63, 3.8) is 0 Å². The maximum Gasteiger partial charge on any atom is 0.326 e. The number of carbonyl (C=O) groups is 25. The average molecular weight is 2160 g/mol.